The maximum Gasteiger partial charge on any atom is 0.254 e. The zero-order chi connectivity index (χ0) is 41.5. The van der Waals surface area contributed by atoms with Crippen molar-refractivity contribution in [2.45, 2.75) is 103 Å². The van der Waals surface area contributed by atoms with E-state index in [2.05, 4.69) is 29.8 Å². The molecule has 308 valence electrons. The number of nitrogens with zero attached hydrogens (tertiary/aromatic N) is 4. The molecule has 6 rings (SSSR count). The Morgan fingerprint density at radius 3 is 2.50 bits per heavy atom. The zero-order valence-corrected chi connectivity index (χ0v) is 34.5. The van der Waals surface area contributed by atoms with Crippen molar-refractivity contribution in [3.8, 4) is 17.6 Å². The summed E-state index contributed by atoms with van der Waals surface area (Å²) < 4.78 is 20.7. The van der Waals surface area contributed by atoms with Crippen molar-refractivity contribution in [1.82, 2.24) is 9.88 Å². The maximum absolute atomic E-state index is 14.5. The van der Waals surface area contributed by atoms with E-state index in [1.54, 1.807) is 42.3 Å². The Kier molecular flexibility index (Phi) is 13.7. The number of pyridine rings is 1. The minimum Gasteiger partial charge on any atom is -0.487 e. The van der Waals surface area contributed by atoms with Gasteiger partial charge in [0.05, 0.1) is 35.6 Å². The molecule has 1 saturated carbocycles. The molecule has 2 N–H and O–H groups in total. The molecule has 2 aliphatic carbocycles. The SMILES string of the molecule is C=CCO[C@@]12Oc3ccc(OCc4cccc(C)n4)cc3[C@H]3[C@H](CCCCO)[C@@H](CCCCO)C=C(C(=NOC(C)(C)C)C[C@@H]1N(C)C(=O)c1ccc(C#N)cc1)[C@H]32. The van der Waals surface area contributed by atoms with Gasteiger partial charge in [-0.25, -0.2) is 0 Å². The molecule has 58 heavy (non-hydrogen) atoms. The van der Waals surface area contributed by atoms with Crippen molar-refractivity contribution in [1.29, 1.82) is 5.26 Å². The van der Waals surface area contributed by atoms with Gasteiger partial charge in [-0.1, -0.05) is 36.2 Å². The number of amides is 1. The lowest BCUT2D eigenvalue weighted by Gasteiger charge is -2.59. The molecule has 1 aliphatic heterocycles. The number of benzene rings is 2. The Labute approximate surface area is 343 Å². The first kappa shape index (κ1) is 42.6. The molecule has 0 bridgehead atoms. The second-order valence-electron chi connectivity index (χ2n) is 16.6. The molecule has 11 nitrogen and oxygen atoms in total. The minimum atomic E-state index is -1.38. The highest BCUT2D eigenvalue weighted by Gasteiger charge is 2.65. The third-order valence-electron chi connectivity index (χ3n) is 11.5. The topological polar surface area (TPSA) is 147 Å². The van der Waals surface area contributed by atoms with E-state index in [4.69, 9.17) is 24.2 Å². The number of carbonyl (C=O) groups is 1. The standard InChI is InChI=1S/C47H58N4O7/c1-7-25-56-47-42(51(6)45(54)33-19-17-32(29-48)18-20-33)28-40(50-58-46(3,4)5)38-26-34(14-8-10-23-52)37(16-9-11-24-53)43(44(38)47)39-27-36(21-22-41(39)57-47)55-30-35-15-12-13-31(2)49-35/h7,12-13,15,17-22,26-27,34,37,42-44,52-53H,1,8-11,14,16,23-25,28,30H2,2-6H3/t34-,37+,42-,43+,44+,47+/m0/s1. The number of likely N-dealkylation sites (N-methyl/N-ethyl adjacent to an activating group) is 1. The Bertz CT molecular complexity index is 2020. The number of oxime groups is 1. The summed E-state index contributed by atoms with van der Waals surface area (Å²) in [6.07, 6.45) is 8.97. The van der Waals surface area contributed by atoms with Crippen LogP contribution in [-0.2, 0) is 16.2 Å². The van der Waals surface area contributed by atoms with Gasteiger partial charge in [0.1, 0.15) is 29.7 Å². The molecule has 0 saturated heterocycles. The van der Waals surface area contributed by atoms with Crippen LogP contribution in [0.4, 0.5) is 0 Å². The van der Waals surface area contributed by atoms with Crippen molar-refractivity contribution < 1.29 is 34.1 Å². The van der Waals surface area contributed by atoms with Crippen LogP contribution in [0.3, 0.4) is 0 Å². The number of allylic oxidation sites excluding steroid dienone is 1. The van der Waals surface area contributed by atoms with Crippen molar-refractivity contribution in [2.75, 3.05) is 26.9 Å². The second kappa shape index (κ2) is 18.7. The number of ether oxygens (including phenoxy) is 3. The van der Waals surface area contributed by atoms with Crippen molar-refractivity contribution in [3.63, 3.8) is 0 Å². The summed E-state index contributed by atoms with van der Waals surface area (Å²) in [5.74, 6) is -0.773. The molecule has 2 heterocycles. The quantitative estimate of drug-likeness (QED) is 0.0788. The average molecular weight is 791 g/mol. The van der Waals surface area contributed by atoms with E-state index in [0.717, 1.165) is 53.9 Å². The molecule has 6 atom stereocenters. The smallest absolute Gasteiger partial charge is 0.254 e. The summed E-state index contributed by atoms with van der Waals surface area (Å²) in [5.41, 5.74) is 4.70. The summed E-state index contributed by atoms with van der Waals surface area (Å²) in [6.45, 7) is 12.5. The molecule has 11 heteroatoms. The fraction of sp³-hybridized carbons (Fsp3) is 0.489. The lowest BCUT2D eigenvalue weighted by molar-refractivity contribution is -0.252. The van der Waals surface area contributed by atoms with Crippen molar-refractivity contribution >= 4 is 11.6 Å². The van der Waals surface area contributed by atoms with E-state index in [-0.39, 0.29) is 49.9 Å². The number of aromatic nitrogens is 1. The third-order valence-corrected chi connectivity index (χ3v) is 11.5. The highest BCUT2D eigenvalue weighted by atomic mass is 16.7. The molecule has 1 amide bonds. The number of fused-ring (bicyclic) bond motifs is 2. The van der Waals surface area contributed by atoms with Crippen LogP contribution in [0, 0.1) is 36.0 Å². The number of rotatable bonds is 17. The summed E-state index contributed by atoms with van der Waals surface area (Å²) in [4.78, 5) is 27.0. The number of unbranched alkanes of at least 4 members (excludes halogenated alkanes) is 2. The van der Waals surface area contributed by atoms with Gasteiger partial charge < -0.3 is 34.2 Å². The Morgan fingerprint density at radius 2 is 1.83 bits per heavy atom. The fourth-order valence-electron chi connectivity index (χ4n) is 8.88. The first-order valence-corrected chi connectivity index (χ1v) is 20.5. The van der Waals surface area contributed by atoms with E-state index in [0.29, 0.717) is 42.1 Å². The van der Waals surface area contributed by atoms with Gasteiger partial charge in [0.2, 0.25) is 5.79 Å². The van der Waals surface area contributed by atoms with Gasteiger partial charge in [0.15, 0.2) is 0 Å². The van der Waals surface area contributed by atoms with Crippen LogP contribution in [-0.4, -0.2) is 76.0 Å². The first-order chi connectivity index (χ1) is 27.9. The number of nitriles is 1. The molecule has 1 fully saturated rings. The van der Waals surface area contributed by atoms with Crippen LogP contribution in [0.1, 0.15) is 105 Å². The third kappa shape index (κ3) is 9.31. The monoisotopic (exact) mass is 790 g/mol. The molecular formula is C47H58N4O7. The van der Waals surface area contributed by atoms with Gasteiger partial charge in [-0.2, -0.15) is 5.26 Å². The molecule has 2 aromatic carbocycles. The van der Waals surface area contributed by atoms with Crippen LogP contribution in [0.2, 0.25) is 0 Å². The second-order valence-corrected chi connectivity index (χ2v) is 16.6. The van der Waals surface area contributed by atoms with E-state index in [1.165, 1.54) is 0 Å². The molecule has 0 radical (unpaired) electrons. The van der Waals surface area contributed by atoms with Gasteiger partial charge in [-0.3, -0.25) is 9.78 Å². The summed E-state index contributed by atoms with van der Waals surface area (Å²) >= 11 is 0. The van der Waals surface area contributed by atoms with E-state index in [9.17, 15) is 20.3 Å². The van der Waals surface area contributed by atoms with Crippen LogP contribution < -0.4 is 9.47 Å². The predicted molar refractivity (Wildman–Crippen MR) is 222 cm³/mol. The average Bonchev–Trinajstić information content (AvgIpc) is 3.21. The number of hydrogen-bond acceptors (Lipinski definition) is 10. The van der Waals surface area contributed by atoms with Gasteiger partial charge in [-0.15, -0.1) is 6.58 Å². The summed E-state index contributed by atoms with van der Waals surface area (Å²) in [7, 11) is 1.77. The highest BCUT2D eigenvalue weighted by Crippen LogP contribution is 2.62. The van der Waals surface area contributed by atoms with E-state index >= 15 is 0 Å². The van der Waals surface area contributed by atoms with Gasteiger partial charge in [0, 0.05) is 49.4 Å². The van der Waals surface area contributed by atoms with Gasteiger partial charge in [-0.05, 0) is 125 Å². The highest BCUT2D eigenvalue weighted by molar-refractivity contribution is 6.03. The van der Waals surface area contributed by atoms with Crippen LogP contribution in [0.15, 0.2) is 90.1 Å². The number of aliphatic hydroxyl groups excluding tert-OH is 2. The Morgan fingerprint density at radius 1 is 1.09 bits per heavy atom. The van der Waals surface area contributed by atoms with E-state index < -0.39 is 23.3 Å². The van der Waals surface area contributed by atoms with Crippen LogP contribution in [0.25, 0.3) is 0 Å². The molecule has 3 aliphatic rings. The Balaban J connectivity index is 1.56. The molecule has 0 unspecified atom stereocenters. The lowest BCUT2D eigenvalue weighted by atomic mass is 9.55. The summed E-state index contributed by atoms with van der Waals surface area (Å²) in [6, 6.07) is 19.9. The van der Waals surface area contributed by atoms with Gasteiger partial charge in [0.25, 0.3) is 5.91 Å². The number of carbonyl (C=O) groups excluding carboxylic acids is 1. The largest absolute Gasteiger partial charge is 0.487 e. The van der Waals surface area contributed by atoms with Crippen LogP contribution in [0.5, 0.6) is 11.5 Å². The molecule has 3 aromatic rings. The molecular weight excluding hydrogens is 733 g/mol. The van der Waals surface area contributed by atoms with Crippen molar-refractivity contribution in [2.24, 2.45) is 22.9 Å². The Hall–Kier alpha value is -5.02. The number of aryl methyl sites for hydroxylation is 1. The maximum atomic E-state index is 14.5. The number of aliphatic hydroxyl groups is 2. The predicted octanol–water partition coefficient (Wildman–Crippen LogP) is 8.05. The van der Waals surface area contributed by atoms with Crippen LogP contribution >= 0.6 is 0 Å². The molecule has 0 spiro atoms. The zero-order valence-electron chi connectivity index (χ0n) is 34.5. The molecule has 1 aromatic heterocycles. The van der Waals surface area contributed by atoms with Crippen molar-refractivity contribution in [3.05, 3.63) is 113 Å². The lowest BCUT2D eigenvalue weighted by Crippen LogP contribution is -2.69. The van der Waals surface area contributed by atoms with Gasteiger partial charge >= 0.3 is 0 Å². The fourth-order valence-corrected chi connectivity index (χ4v) is 8.88. The summed E-state index contributed by atoms with van der Waals surface area (Å²) in [5, 5.41) is 34.1. The first-order valence-electron chi connectivity index (χ1n) is 20.5. The minimum absolute atomic E-state index is 0.0742. The van der Waals surface area contributed by atoms with E-state index in [1.807, 2.05) is 58.0 Å². The normalized spacial score (nSPS) is 24.1. The number of hydrogen-bond donors (Lipinski definition) is 2.